The molecule has 1 atom stereocenters. The maximum Gasteiger partial charge on any atom is 0.333 e. The number of nitrogens with two attached hydrogens (primary N) is 1. The molecular formula is C5H14ClFN2O3S. The second-order valence-electron chi connectivity index (χ2n) is 2.55. The maximum absolute atomic E-state index is 12.1. The molecule has 0 aromatic heterocycles. The molecule has 0 heterocycles. The van der Waals surface area contributed by atoms with Gasteiger partial charge in [-0.25, -0.2) is 9.53 Å². The highest BCUT2D eigenvalue weighted by molar-refractivity contribution is 7.84. The highest BCUT2D eigenvalue weighted by atomic mass is 35.5. The molecular weight excluding hydrogens is 223 g/mol. The molecule has 0 spiro atoms. The van der Waals surface area contributed by atoms with Crippen molar-refractivity contribution in [1.29, 1.82) is 0 Å². The van der Waals surface area contributed by atoms with Crippen LogP contribution in [-0.2, 0) is 14.5 Å². The second-order valence-corrected chi connectivity index (χ2v) is 3.77. The first-order valence-corrected chi connectivity index (χ1v) is 4.73. The summed E-state index contributed by atoms with van der Waals surface area (Å²) in [5, 5.41) is 4.55. The second kappa shape index (κ2) is 6.50. The van der Waals surface area contributed by atoms with Crippen LogP contribution in [0.15, 0.2) is 0 Å². The van der Waals surface area contributed by atoms with Gasteiger partial charge in [0.1, 0.15) is 6.67 Å². The minimum atomic E-state index is -3.96. The molecule has 0 aliphatic carbocycles. The third-order valence-electron chi connectivity index (χ3n) is 1.33. The Morgan fingerprint density at radius 2 is 2.00 bits per heavy atom. The van der Waals surface area contributed by atoms with E-state index in [0.29, 0.717) is 0 Å². The number of hydrogen-bond donors (Lipinski definition) is 1. The molecule has 0 fully saturated rings. The Hall–Kier alpha value is 0.0500. The maximum atomic E-state index is 12.1. The van der Waals surface area contributed by atoms with Gasteiger partial charge in [-0.1, -0.05) is 0 Å². The van der Waals surface area contributed by atoms with Crippen molar-refractivity contribution in [3.8, 4) is 0 Å². The zero-order chi connectivity index (χ0) is 9.78. The summed E-state index contributed by atoms with van der Waals surface area (Å²) in [5.74, 6) is 0. The van der Waals surface area contributed by atoms with E-state index in [1.54, 1.807) is 14.1 Å². The molecule has 13 heavy (non-hydrogen) atoms. The fraction of sp³-hybridized carbons (Fsp3) is 1.00. The van der Waals surface area contributed by atoms with Gasteiger partial charge < -0.3 is 4.90 Å². The first-order valence-electron chi connectivity index (χ1n) is 3.26. The van der Waals surface area contributed by atoms with Crippen molar-refractivity contribution in [2.24, 2.45) is 5.14 Å². The van der Waals surface area contributed by atoms with Crippen LogP contribution in [0.5, 0.6) is 0 Å². The van der Waals surface area contributed by atoms with Gasteiger partial charge in [-0.3, -0.25) is 4.18 Å². The van der Waals surface area contributed by atoms with E-state index in [4.69, 9.17) is 0 Å². The number of nitrogens with zero attached hydrogens (tertiary/aromatic N) is 1. The lowest BCUT2D eigenvalue weighted by Crippen LogP contribution is -2.36. The molecule has 0 bridgehead atoms. The van der Waals surface area contributed by atoms with Gasteiger partial charge in [-0.05, 0) is 14.1 Å². The van der Waals surface area contributed by atoms with Gasteiger partial charge >= 0.3 is 10.3 Å². The molecule has 8 heteroatoms. The van der Waals surface area contributed by atoms with Gasteiger partial charge in [0.15, 0.2) is 0 Å². The minimum absolute atomic E-state index is 0. The molecule has 2 N–H and O–H groups in total. The summed E-state index contributed by atoms with van der Waals surface area (Å²) in [6.45, 7) is -0.940. The molecule has 0 saturated heterocycles. The van der Waals surface area contributed by atoms with Crippen LogP contribution >= 0.6 is 12.4 Å². The molecule has 0 aromatic carbocycles. The normalized spacial score (nSPS) is 13.9. The molecule has 82 valence electrons. The average molecular weight is 237 g/mol. The van der Waals surface area contributed by atoms with E-state index < -0.39 is 23.0 Å². The van der Waals surface area contributed by atoms with Crippen LogP contribution in [0.1, 0.15) is 0 Å². The van der Waals surface area contributed by atoms with Gasteiger partial charge in [-0.15, -0.1) is 12.4 Å². The summed E-state index contributed by atoms with van der Waals surface area (Å²) in [4.78, 5) is 1.52. The molecule has 5 nitrogen and oxygen atoms in total. The first kappa shape index (κ1) is 15.5. The summed E-state index contributed by atoms with van der Waals surface area (Å²) in [6, 6.07) is -0.580. The van der Waals surface area contributed by atoms with Gasteiger partial charge in [0.25, 0.3) is 0 Å². The Morgan fingerprint density at radius 3 is 2.23 bits per heavy atom. The molecule has 0 aromatic rings. The lowest BCUT2D eigenvalue weighted by Gasteiger charge is -2.19. The molecule has 0 unspecified atom stereocenters. The van der Waals surface area contributed by atoms with Crippen molar-refractivity contribution in [2.45, 2.75) is 6.04 Å². The highest BCUT2D eigenvalue weighted by Gasteiger charge is 2.14. The van der Waals surface area contributed by atoms with Crippen molar-refractivity contribution < 1.29 is 17.0 Å². The Labute approximate surface area is 83.7 Å². The van der Waals surface area contributed by atoms with Gasteiger partial charge in [0.2, 0.25) is 0 Å². The zero-order valence-corrected chi connectivity index (χ0v) is 9.07. The van der Waals surface area contributed by atoms with Gasteiger partial charge in [0.05, 0.1) is 12.6 Å². The van der Waals surface area contributed by atoms with E-state index in [9.17, 15) is 12.8 Å². The number of alkyl halides is 1. The van der Waals surface area contributed by atoms with E-state index in [-0.39, 0.29) is 19.0 Å². The van der Waals surface area contributed by atoms with Crippen LogP contribution in [0.25, 0.3) is 0 Å². The fourth-order valence-corrected chi connectivity index (χ4v) is 0.852. The minimum Gasteiger partial charge on any atom is -0.302 e. The predicted molar refractivity (Wildman–Crippen MR) is 49.8 cm³/mol. The largest absolute Gasteiger partial charge is 0.333 e. The lowest BCUT2D eigenvalue weighted by molar-refractivity contribution is 0.161. The summed E-state index contributed by atoms with van der Waals surface area (Å²) in [5.41, 5.74) is 0. The average Bonchev–Trinajstić information content (AvgIpc) is 1.85. The fourth-order valence-electron chi connectivity index (χ4n) is 0.505. The van der Waals surface area contributed by atoms with Crippen molar-refractivity contribution >= 4 is 22.7 Å². The van der Waals surface area contributed by atoms with E-state index in [0.717, 1.165) is 0 Å². The Balaban J connectivity index is 0. The summed E-state index contributed by atoms with van der Waals surface area (Å²) in [7, 11) is -0.713. The summed E-state index contributed by atoms with van der Waals surface area (Å²) < 4.78 is 36.9. The number of rotatable bonds is 5. The molecule has 0 aliphatic heterocycles. The molecule has 0 rings (SSSR count). The van der Waals surface area contributed by atoms with Crippen molar-refractivity contribution in [1.82, 2.24) is 4.90 Å². The Morgan fingerprint density at radius 1 is 1.54 bits per heavy atom. The SMILES string of the molecule is CN(C)[C@H](CF)COS(N)(=O)=O.Cl. The summed E-state index contributed by atoms with van der Waals surface area (Å²) in [6.07, 6.45) is 0. The number of hydrogen-bond acceptors (Lipinski definition) is 4. The third kappa shape index (κ3) is 8.38. The van der Waals surface area contributed by atoms with Crippen LogP contribution in [0.3, 0.4) is 0 Å². The van der Waals surface area contributed by atoms with Crippen LogP contribution < -0.4 is 5.14 Å². The Kier molecular flexibility index (Phi) is 7.75. The van der Waals surface area contributed by atoms with Gasteiger partial charge in [0, 0.05) is 0 Å². The molecule has 0 saturated carbocycles. The van der Waals surface area contributed by atoms with E-state index in [1.807, 2.05) is 0 Å². The first-order chi connectivity index (χ1) is 5.37. The monoisotopic (exact) mass is 236 g/mol. The number of likely N-dealkylation sites (N-methyl/N-ethyl adjacent to an activating group) is 1. The zero-order valence-electron chi connectivity index (χ0n) is 7.44. The topological polar surface area (TPSA) is 72.6 Å². The quantitative estimate of drug-likeness (QED) is 0.701. The molecule has 0 aliphatic rings. The van der Waals surface area contributed by atoms with Crippen molar-refractivity contribution in [3.63, 3.8) is 0 Å². The van der Waals surface area contributed by atoms with Crippen LogP contribution in [0, 0.1) is 0 Å². The molecule has 0 radical (unpaired) electrons. The van der Waals surface area contributed by atoms with E-state index in [2.05, 4.69) is 9.32 Å². The Bertz CT molecular complexity index is 222. The van der Waals surface area contributed by atoms with Gasteiger partial charge in [-0.2, -0.15) is 8.42 Å². The predicted octanol–water partition coefficient (Wildman–Crippen LogP) is -0.472. The van der Waals surface area contributed by atoms with Crippen LogP contribution in [-0.4, -0.2) is 46.7 Å². The highest BCUT2D eigenvalue weighted by Crippen LogP contribution is 1.96. The van der Waals surface area contributed by atoms with Crippen molar-refractivity contribution in [2.75, 3.05) is 27.4 Å². The van der Waals surface area contributed by atoms with Crippen LogP contribution in [0.4, 0.5) is 4.39 Å². The van der Waals surface area contributed by atoms with Crippen LogP contribution in [0.2, 0.25) is 0 Å². The molecule has 0 amide bonds. The smallest absolute Gasteiger partial charge is 0.302 e. The third-order valence-corrected chi connectivity index (χ3v) is 1.80. The summed E-state index contributed by atoms with van der Waals surface area (Å²) >= 11 is 0. The number of halogens is 2. The van der Waals surface area contributed by atoms with E-state index >= 15 is 0 Å². The van der Waals surface area contributed by atoms with Crippen molar-refractivity contribution in [3.05, 3.63) is 0 Å². The van der Waals surface area contributed by atoms with E-state index in [1.165, 1.54) is 4.90 Å². The lowest BCUT2D eigenvalue weighted by atomic mass is 10.3. The standard InChI is InChI=1S/C5H13FN2O3S.ClH/c1-8(2)5(3-6)4-11-12(7,9)10;/h5H,3-4H2,1-2H3,(H2,7,9,10);1H/t5-;/m1./s1.